The zero-order valence-corrected chi connectivity index (χ0v) is 20.0. The van der Waals surface area contributed by atoms with Crippen molar-refractivity contribution in [1.29, 1.82) is 0 Å². The SMILES string of the molecule is CC(C)N1CCN(c2ccc(C3=NC4C(=CN3)CCN4CCCN3CCCC3)cc2)CC1. The van der Waals surface area contributed by atoms with Crippen LogP contribution in [-0.4, -0.2) is 91.6 Å². The molecule has 3 saturated heterocycles. The largest absolute Gasteiger partial charge is 0.369 e. The molecule has 0 radical (unpaired) electrons. The molecule has 3 fully saturated rings. The molecule has 0 amide bonds. The summed E-state index contributed by atoms with van der Waals surface area (Å²) in [6, 6.07) is 9.66. The van der Waals surface area contributed by atoms with Gasteiger partial charge in [-0.2, -0.15) is 0 Å². The van der Waals surface area contributed by atoms with Crippen LogP contribution in [0.1, 0.15) is 45.1 Å². The van der Waals surface area contributed by atoms with Crippen LogP contribution >= 0.6 is 0 Å². The number of benzene rings is 1. The van der Waals surface area contributed by atoms with E-state index in [1.165, 1.54) is 55.7 Å². The summed E-state index contributed by atoms with van der Waals surface area (Å²) in [4.78, 5) is 15.4. The molecule has 174 valence electrons. The van der Waals surface area contributed by atoms with Crippen molar-refractivity contribution in [3.8, 4) is 0 Å². The fraction of sp³-hybridized carbons (Fsp3) is 0.654. The summed E-state index contributed by atoms with van der Waals surface area (Å²) in [5.74, 6) is 1.02. The summed E-state index contributed by atoms with van der Waals surface area (Å²) < 4.78 is 0. The Kier molecular flexibility index (Phi) is 6.81. The van der Waals surface area contributed by atoms with Crippen molar-refractivity contribution >= 4 is 11.5 Å². The van der Waals surface area contributed by atoms with Crippen LogP contribution in [0.2, 0.25) is 0 Å². The van der Waals surface area contributed by atoms with Crippen LogP contribution in [-0.2, 0) is 0 Å². The quantitative estimate of drug-likeness (QED) is 0.711. The minimum absolute atomic E-state index is 0.230. The first-order valence-corrected chi connectivity index (χ1v) is 12.8. The van der Waals surface area contributed by atoms with Gasteiger partial charge in [-0.3, -0.25) is 9.80 Å². The number of piperazine rings is 1. The Labute approximate surface area is 194 Å². The van der Waals surface area contributed by atoms with E-state index in [0.29, 0.717) is 6.04 Å². The first kappa shape index (κ1) is 21.9. The molecule has 1 unspecified atom stereocenters. The van der Waals surface area contributed by atoms with Crippen LogP contribution in [0.3, 0.4) is 0 Å². The molecule has 0 saturated carbocycles. The second-order valence-electron chi connectivity index (χ2n) is 10.1. The van der Waals surface area contributed by atoms with Crippen LogP contribution in [0.25, 0.3) is 0 Å². The lowest BCUT2D eigenvalue weighted by molar-refractivity contribution is 0.209. The van der Waals surface area contributed by atoms with Gasteiger partial charge in [0.25, 0.3) is 0 Å². The molecule has 4 aliphatic rings. The van der Waals surface area contributed by atoms with Gasteiger partial charge in [0.2, 0.25) is 0 Å². The zero-order valence-electron chi connectivity index (χ0n) is 20.0. The second kappa shape index (κ2) is 9.94. The molecular formula is C26H40N6. The predicted molar refractivity (Wildman–Crippen MR) is 133 cm³/mol. The third-order valence-corrected chi connectivity index (χ3v) is 7.68. The molecule has 0 bridgehead atoms. The highest BCUT2D eigenvalue weighted by molar-refractivity contribution is 6.00. The molecule has 1 atom stereocenters. The van der Waals surface area contributed by atoms with Crippen molar-refractivity contribution < 1.29 is 0 Å². The van der Waals surface area contributed by atoms with Gasteiger partial charge in [-0.25, -0.2) is 4.99 Å². The topological polar surface area (TPSA) is 37.4 Å². The Bertz CT molecular complexity index is 815. The molecule has 4 heterocycles. The van der Waals surface area contributed by atoms with E-state index in [-0.39, 0.29) is 6.17 Å². The molecule has 1 aromatic carbocycles. The number of nitrogens with zero attached hydrogens (tertiary/aromatic N) is 5. The molecular weight excluding hydrogens is 396 g/mol. The lowest BCUT2D eigenvalue weighted by atomic mass is 10.1. The van der Waals surface area contributed by atoms with Crippen LogP contribution in [0.15, 0.2) is 41.0 Å². The Morgan fingerprint density at radius 3 is 2.41 bits per heavy atom. The maximum atomic E-state index is 5.15. The van der Waals surface area contributed by atoms with E-state index in [2.05, 4.69) is 69.2 Å². The van der Waals surface area contributed by atoms with Gasteiger partial charge in [0, 0.05) is 62.8 Å². The summed E-state index contributed by atoms with van der Waals surface area (Å²) >= 11 is 0. The van der Waals surface area contributed by atoms with E-state index in [0.717, 1.165) is 51.5 Å². The standard InChI is InChI=1S/C26H40N6/c1-21(2)30-16-18-31(19-17-30)24-8-6-22(7-9-24)25-27-20-23-10-15-32(26(23)28-25)14-5-13-29-11-3-4-12-29/h6-9,20-21,26H,3-5,10-19H2,1-2H3,(H,27,28). The van der Waals surface area contributed by atoms with Gasteiger partial charge in [-0.05, 0) is 89.0 Å². The number of anilines is 1. The number of amidine groups is 1. The minimum atomic E-state index is 0.230. The lowest BCUT2D eigenvalue weighted by Gasteiger charge is -2.38. The fourth-order valence-electron chi connectivity index (χ4n) is 5.61. The number of rotatable bonds is 7. The number of hydrogen-bond acceptors (Lipinski definition) is 6. The summed E-state index contributed by atoms with van der Waals surface area (Å²) in [6.45, 7) is 15.2. The van der Waals surface area contributed by atoms with E-state index in [4.69, 9.17) is 4.99 Å². The highest BCUT2D eigenvalue weighted by Gasteiger charge is 2.31. The van der Waals surface area contributed by atoms with Crippen LogP contribution in [0.5, 0.6) is 0 Å². The molecule has 4 aliphatic heterocycles. The Hall–Kier alpha value is -1.89. The molecule has 32 heavy (non-hydrogen) atoms. The number of hydrogen-bond donors (Lipinski definition) is 1. The molecule has 0 aliphatic carbocycles. The van der Waals surface area contributed by atoms with Crippen LogP contribution in [0, 0.1) is 0 Å². The van der Waals surface area contributed by atoms with Gasteiger partial charge in [0.15, 0.2) is 0 Å². The molecule has 0 spiro atoms. The Morgan fingerprint density at radius 2 is 1.69 bits per heavy atom. The van der Waals surface area contributed by atoms with E-state index < -0.39 is 0 Å². The van der Waals surface area contributed by atoms with Gasteiger partial charge in [-0.15, -0.1) is 0 Å². The van der Waals surface area contributed by atoms with Crippen molar-refractivity contribution in [3.05, 3.63) is 41.6 Å². The first-order chi connectivity index (χ1) is 15.7. The summed E-state index contributed by atoms with van der Waals surface area (Å²) in [5, 5.41) is 3.48. The van der Waals surface area contributed by atoms with E-state index >= 15 is 0 Å². The Balaban J connectivity index is 1.18. The van der Waals surface area contributed by atoms with Gasteiger partial charge in [0.1, 0.15) is 12.0 Å². The van der Waals surface area contributed by atoms with Crippen LogP contribution in [0.4, 0.5) is 5.69 Å². The molecule has 0 aromatic heterocycles. The number of likely N-dealkylation sites (tertiary alicyclic amines) is 2. The third-order valence-electron chi connectivity index (χ3n) is 7.68. The fourth-order valence-corrected chi connectivity index (χ4v) is 5.61. The minimum Gasteiger partial charge on any atom is -0.369 e. The maximum absolute atomic E-state index is 5.15. The number of fused-ring (bicyclic) bond motifs is 1. The lowest BCUT2D eigenvalue weighted by Crippen LogP contribution is -2.48. The van der Waals surface area contributed by atoms with Crippen LogP contribution < -0.4 is 10.2 Å². The Morgan fingerprint density at radius 1 is 0.938 bits per heavy atom. The maximum Gasteiger partial charge on any atom is 0.134 e. The molecule has 6 nitrogen and oxygen atoms in total. The summed E-state index contributed by atoms with van der Waals surface area (Å²) in [6.07, 6.45) is 7.60. The predicted octanol–water partition coefficient (Wildman–Crippen LogP) is 2.97. The van der Waals surface area contributed by atoms with Gasteiger partial charge >= 0.3 is 0 Å². The highest BCUT2D eigenvalue weighted by Crippen LogP contribution is 2.28. The highest BCUT2D eigenvalue weighted by atomic mass is 15.3. The van der Waals surface area contributed by atoms with Gasteiger partial charge in [-0.1, -0.05) is 0 Å². The summed E-state index contributed by atoms with van der Waals surface area (Å²) in [7, 11) is 0. The van der Waals surface area contributed by atoms with E-state index in [1.54, 1.807) is 0 Å². The summed E-state index contributed by atoms with van der Waals surface area (Å²) in [5.41, 5.74) is 3.96. The van der Waals surface area contributed by atoms with E-state index in [1.807, 2.05) is 0 Å². The number of nitrogens with one attached hydrogen (secondary N) is 1. The van der Waals surface area contributed by atoms with Gasteiger partial charge in [0.05, 0.1) is 0 Å². The molecule has 1 aromatic rings. The first-order valence-electron chi connectivity index (χ1n) is 12.8. The zero-order chi connectivity index (χ0) is 21.9. The van der Waals surface area contributed by atoms with E-state index in [9.17, 15) is 0 Å². The normalized spacial score (nSPS) is 25.1. The average Bonchev–Trinajstić information content (AvgIpc) is 3.49. The number of aliphatic imine (C=N–C) groups is 1. The van der Waals surface area contributed by atoms with Crippen molar-refractivity contribution in [2.45, 2.75) is 51.7 Å². The molecule has 5 rings (SSSR count). The second-order valence-corrected chi connectivity index (χ2v) is 10.1. The van der Waals surface area contributed by atoms with Gasteiger partial charge < -0.3 is 15.1 Å². The van der Waals surface area contributed by atoms with Crippen molar-refractivity contribution in [2.75, 3.05) is 63.8 Å². The molecule has 1 N–H and O–H groups in total. The smallest absolute Gasteiger partial charge is 0.134 e. The monoisotopic (exact) mass is 436 g/mol. The van der Waals surface area contributed by atoms with Crippen molar-refractivity contribution in [1.82, 2.24) is 20.0 Å². The molecule has 6 heteroatoms. The third kappa shape index (κ3) is 4.87. The van der Waals surface area contributed by atoms with Crippen molar-refractivity contribution in [2.24, 2.45) is 4.99 Å². The average molecular weight is 437 g/mol. The van der Waals surface area contributed by atoms with Crippen molar-refractivity contribution in [3.63, 3.8) is 0 Å².